The van der Waals surface area contributed by atoms with Crippen molar-refractivity contribution in [1.29, 1.82) is 0 Å². The van der Waals surface area contributed by atoms with Crippen LogP contribution in [0.4, 0.5) is 0 Å². The maximum Gasteiger partial charge on any atom is 0.318 e. The number of aliphatic carboxylic acids is 1. The fourth-order valence-electron chi connectivity index (χ4n) is 2.21. The third kappa shape index (κ3) is 3.51. The average molecular weight is 382 g/mol. The van der Waals surface area contributed by atoms with E-state index in [0.29, 0.717) is 0 Å². The summed E-state index contributed by atoms with van der Waals surface area (Å²) in [5, 5.41) is 8.65. The second-order valence-corrected chi connectivity index (χ2v) is 7.43. The lowest BCUT2D eigenvalue weighted by atomic mass is 10.0. The fraction of sp³-hybridized carbons (Fsp3) is 0.385. The van der Waals surface area contributed by atoms with Crippen molar-refractivity contribution >= 4 is 45.5 Å². The van der Waals surface area contributed by atoms with E-state index < -0.39 is 21.9 Å². The Kier molecular flexibility index (Phi) is 5.64. The van der Waals surface area contributed by atoms with E-state index in [1.165, 1.54) is 16.4 Å². The molecule has 7 nitrogen and oxygen atoms in total. The number of carboxylic acid groups (broad SMARTS) is 1. The van der Waals surface area contributed by atoms with E-state index in [9.17, 15) is 18.0 Å². The summed E-state index contributed by atoms with van der Waals surface area (Å²) < 4.78 is 31.6. The molecule has 0 radical (unpaired) electrons. The van der Waals surface area contributed by atoms with Crippen molar-refractivity contribution in [2.24, 2.45) is 0 Å². The smallest absolute Gasteiger partial charge is 0.318 e. The summed E-state index contributed by atoms with van der Waals surface area (Å²) in [5.74, 6) is -3.11. The van der Waals surface area contributed by atoms with Gasteiger partial charge in [-0.3, -0.25) is 4.79 Å². The number of hydrogen-bond donors (Lipinski definition) is 1. The molecule has 0 saturated carbocycles. The van der Waals surface area contributed by atoms with Crippen molar-refractivity contribution in [3.63, 3.8) is 0 Å². The molecule has 0 bridgehead atoms. The molecule has 1 N–H and O–H groups in total. The monoisotopic (exact) mass is 381 g/mol. The van der Waals surface area contributed by atoms with Crippen LogP contribution in [-0.4, -0.2) is 56.4 Å². The molecule has 10 heteroatoms. The zero-order valence-electron chi connectivity index (χ0n) is 11.7. The van der Waals surface area contributed by atoms with Crippen LogP contribution in [0.2, 0.25) is 10.0 Å². The first-order valence-corrected chi connectivity index (χ1v) is 8.74. The van der Waals surface area contributed by atoms with Crippen molar-refractivity contribution in [2.45, 2.75) is 10.8 Å². The van der Waals surface area contributed by atoms with E-state index in [2.05, 4.69) is 0 Å². The van der Waals surface area contributed by atoms with Gasteiger partial charge in [0.15, 0.2) is 0 Å². The summed E-state index contributed by atoms with van der Waals surface area (Å²) in [7, 11) is -3.95. The van der Waals surface area contributed by atoms with Gasteiger partial charge in [-0.25, -0.2) is 8.42 Å². The predicted molar refractivity (Wildman–Crippen MR) is 82.5 cm³/mol. The van der Waals surface area contributed by atoms with E-state index in [1.54, 1.807) is 0 Å². The summed E-state index contributed by atoms with van der Waals surface area (Å²) in [4.78, 5) is 21.9. The third-order valence-electron chi connectivity index (χ3n) is 3.39. The van der Waals surface area contributed by atoms with Crippen molar-refractivity contribution < 1.29 is 27.9 Å². The molecule has 126 valence electrons. The number of sulfonamides is 1. The Morgan fingerprint density at radius 1 is 1.30 bits per heavy atom. The summed E-state index contributed by atoms with van der Waals surface area (Å²) in [6.07, 6.45) is 0.153. The van der Waals surface area contributed by atoms with Crippen LogP contribution in [0.25, 0.3) is 0 Å². The molecule has 0 aromatic heterocycles. The van der Waals surface area contributed by atoms with Gasteiger partial charge in [-0.05, 0) is 12.1 Å². The van der Waals surface area contributed by atoms with Gasteiger partial charge in [0, 0.05) is 23.7 Å². The topological polar surface area (TPSA) is 101 Å². The standard InChI is InChI=1S/C13H13Cl2NO6S/c14-9-1-2-10(12(15)11(9)8(7-17)13(18)19)23(20,21)16-3-5-22-6-4-16/h1-2,7-8H,3-6H2,(H,18,19). The molecular weight excluding hydrogens is 369 g/mol. The average Bonchev–Trinajstić information content (AvgIpc) is 2.51. The van der Waals surface area contributed by atoms with Gasteiger partial charge < -0.3 is 14.6 Å². The molecule has 1 heterocycles. The summed E-state index contributed by atoms with van der Waals surface area (Å²) in [6, 6.07) is 2.41. The molecule has 1 fully saturated rings. The Labute approximate surface area is 142 Å². The normalized spacial score (nSPS) is 17.7. The first-order chi connectivity index (χ1) is 10.8. The van der Waals surface area contributed by atoms with Gasteiger partial charge in [0.2, 0.25) is 10.0 Å². The van der Waals surface area contributed by atoms with Crippen molar-refractivity contribution in [1.82, 2.24) is 4.31 Å². The largest absolute Gasteiger partial charge is 0.480 e. The molecule has 1 saturated heterocycles. The van der Waals surface area contributed by atoms with Crippen LogP contribution in [0.15, 0.2) is 17.0 Å². The molecule has 0 aliphatic carbocycles. The number of nitrogens with zero attached hydrogens (tertiary/aromatic N) is 1. The molecule has 1 aliphatic rings. The minimum absolute atomic E-state index is 0.0876. The Hall–Kier alpha value is -1.19. The van der Waals surface area contributed by atoms with Gasteiger partial charge in [-0.1, -0.05) is 23.2 Å². The Bertz CT molecular complexity index is 730. The Morgan fingerprint density at radius 2 is 1.91 bits per heavy atom. The number of hydrogen-bond acceptors (Lipinski definition) is 5. The van der Waals surface area contributed by atoms with Crippen LogP contribution in [0.5, 0.6) is 0 Å². The number of rotatable bonds is 5. The highest BCUT2D eigenvalue weighted by molar-refractivity contribution is 7.89. The zero-order chi connectivity index (χ0) is 17.2. The summed E-state index contributed by atoms with van der Waals surface area (Å²) in [6.45, 7) is 0.825. The Balaban J connectivity index is 2.56. The number of carboxylic acids is 1. The SMILES string of the molecule is O=CC(C(=O)O)c1c(Cl)ccc(S(=O)(=O)N2CCOCC2)c1Cl. The Morgan fingerprint density at radius 3 is 2.43 bits per heavy atom. The first kappa shape index (κ1) is 18.2. The van der Waals surface area contributed by atoms with E-state index in [-0.39, 0.29) is 53.1 Å². The van der Waals surface area contributed by atoms with Crippen molar-refractivity contribution in [3.8, 4) is 0 Å². The number of halogens is 2. The van der Waals surface area contributed by atoms with Crippen molar-refractivity contribution in [2.75, 3.05) is 26.3 Å². The maximum absolute atomic E-state index is 12.7. The molecule has 1 aliphatic heterocycles. The van der Waals surface area contributed by atoms with Gasteiger partial charge in [0.1, 0.15) is 17.1 Å². The molecule has 1 aromatic carbocycles. The second kappa shape index (κ2) is 7.14. The van der Waals surface area contributed by atoms with Crippen LogP contribution < -0.4 is 0 Å². The van der Waals surface area contributed by atoms with Gasteiger partial charge in [0.25, 0.3) is 0 Å². The first-order valence-electron chi connectivity index (χ1n) is 6.54. The number of morpholine rings is 1. The fourth-order valence-corrected chi connectivity index (χ4v) is 4.59. The highest BCUT2D eigenvalue weighted by atomic mass is 35.5. The number of carbonyl (C=O) groups excluding carboxylic acids is 1. The predicted octanol–water partition coefficient (Wildman–Crippen LogP) is 1.38. The van der Waals surface area contributed by atoms with Crippen LogP contribution in [-0.2, 0) is 24.3 Å². The highest BCUT2D eigenvalue weighted by Gasteiger charge is 2.33. The number of aldehydes is 1. The number of benzene rings is 1. The number of ether oxygens (including phenoxy) is 1. The third-order valence-corrected chi connectivity index (χ3v) is 6.18. The van der Waals surface area contributed by atoms with Crippen LogP contribution in [0.3, 0.4) is 0 Å². The van der Waals surface area contributed by atoms with Gasteiger partial charge >= 0.3 is 5.97 Å². The molecule has 1 unspecified atom stereocenters. The van der Waals surface area contributed by atoms with E-state index in [1.807, 2.05) is 0 Å². The quantitative estimate of drug-likeness (QED) is 0.610. The van der Waals surface area contributed by atoms with Crippen molar-refractivity contribution in [3.05, 3.63) is 27.7 Å². The number of carbonyl (C=O) groups is 2. The van der Waals surface area contributed by atoms with Gasteiger partial charge in [-0.2, -0.15) is 4.31 Å². The van der Waals surface area contributed by atoms with Gasteiger partial charge in [0.05, 0.1) is 18.2 Å². The molecule has 1 atom stereocenters. The minimum Gasteiger partial charge on any atom is -0.480 e. The molecule has 23 heavy (non-hydrogen) atoms. The lowest BCUT2D eigenvalue weighted by Crippen LogP contribution is -2.40. The minimum atomic E-state index is -3.95. The molecule has 1 aromatic rings. The zero-order valence-corrected chi connectivity index (χ0v) is 14.1. The molecule has 2 rings (SSSR count). The summed E-state index contributed by atoms with van der Waals surface area (Å²) in [5.41, 5.74) is -0.231. The van der Waals surface area contributed by atoms with Gasteiger partial charge in [-0.15, -0.1) is 0 Å². The van der Waals surface area contributed by atoms with Crippen LogP contribution in [0, 0.1) is 0 Å². The maximum atomic E-state index is 12.7. The van der Waals surface area contributed by atoms with E-state index in [0.717, 1.165) is 0 Å². The summed E-state index contributed by atoms with van der Waals surface area (Å²) >= 11 is 12.0. The van der Waals surface area contributed by atoms with Crippen LogP contribution >= 0.6 is 23.2 Å². The molecular formula is C13H13Cl2NO6S. The lowest BCUT2D eigenvalue weighted by Gasteiger charge is -2.27. The lowest BCUT2D eigenvalue weighted by molar-refractivity contribution is -0.140. The van der Waals surface area contributed by atoms with E-state index >= 15 is 0 Å². The molecule has 0 spiro atoms. The molecule has 0 amide bonds. The van der Waals surface area contributed by atoms with Crippen LogP contribution in [0.1, 0.15) is 11.5 Å². The second-order valence-electron chi connectivity index (χ2n) is 4.74. The van der Waals surface area contributed by atoms with E-state index in [4.69, 9.17) is 33.0 Å². The highest BCUT2D eigenvalue weighted by Crippen LogP contribution is 2.37.